The topological polar surface area (TPSA) is 0 Å². The monoisotopic (exact) mass is 468 g/mol. The predicted molar refractivity (Wildman–Crippen MR) is 131 cm³/mol. The summed E-state index contributed by atoms with van der Waals surface area (Å²) >= 11 is 0. The largest absolute Gasteiger partial charge is 0.147 e. The van der Waals surface area contributed by atoms with E-state index in [1.807, 2.05) is 4.44 Å². The smallest absolute Gasteiger partial charge is 0.147 e. The van der Waals surface area contributed by atoms with E-state index in [4.69, 9.17) is 0 Å². The van der Waals surface area contributed by atoms with Gasteiger partial charge >= 0.3 is 165 Å². The van der Waals surface area contributed by atoms with Crippen LogP contribution in [0.3, 0.4) is 0 Å². The minimum atomic E-state index is -2.92. The molecule has 0 bridgehead atoms. The summed E-state index contributed by atoms with van der Waals surface area (Å²) in [4.78, 5) is 0. The van der Waals surface area contributed by atoms with Crippen LogP contribution in [0.4, 0.5) is 0 Å². The van der Waals surface area contributed by atoms with Gasteiger partial charge in [0.1, 0.15) is 0 Å². The van der Waals surface area contributed by atoms with Crippen molar-refractivity contribution in [3.05, 3.63) is 22.7 Å². The van der Waals surface area contributed by atoms with Gasteiger partial charge in [-0.15, -0.1) is 12.4 Å². The molecule has 0 aromatic rings. The molecule has 0 nitrogen and oxygen atoms in total. The molecule has 160 valence electrons. The van der Waals surface area contributed by atoms with E-state index in [-0.39, 0.29) is 19.9 Å². The molecule has 0 N–H and O–H groups in total. The molecule has 0 spiro atoms. The fourth-order valence-corrected chi connectivity index (χ4v) is 46.3. The number of hydrogen-bond acceptors (Lipinski definition) is 0. The average molecular weight is 469 g/mol. The molecule has 0 amide bonds. The van der Waals surface area contributed by atoms with Gasteiger partial charge in [0.05, 0.1) is 0 Å². The van der Waals surface area contributed by atoms with E-state index in [9.17, 15) is 0 Å². The van der Waals surface area contributed by atoms with E-state index in [0.29, 0.717) is 0 Å². The van der Waals surface area contributed by atoms with Gasteiger partial charge in [-0.1, -0.05) is 0 Å². The SMILES string of the molecule is C[Si](C)(P(C1CCCCC1)C1CCCCC1)[Cr]([CH3])([CH3])([CH3])([CH3])[C]1=CC=CC1.Cl. The van der Waals surface area contributed by atoms with Crippen LogP contribution in [-0.4, -0.2) is 17.6 Å². The van der Waals surface area contributed by atoms with Gasteiger partial charge in [-0.25, -0.2) is 0 Å². The van der Waals surface area contributed by atoms with E-state index in [1.165, 1.54) is 44.9 Å². The number of rotatable bonds is 5. The Morgan fingerprint density at radius 1 is 0.815 bits per heavy atom. The van der Waals surface area contributed by atoms with E-state index in [2.05, 4.69) is 54.5 Å². The molecule has 0 radical (unpaired) electrons. The summed E-state index contributed by atoms with van der Waals surface area (Å²) in [7, 11) is -2.72. The Hall–Kier alpha value is 0.949. The molecular formula is C23H46ClCrPSi. The van der Waals surface area contributed by atoms with Crippen LogP contribution in [0.25, 0.3) is 0 Å². The Balaban J connectivity index is 0.00000261. The molecular weight excluding hydrogens is 423 g/mol. The second kappa shape index (κ2) is 7.89. The maximum absolute atomic E-state index is 2.92. The third-order valence-electron chi connectivity index (χ3n) is 8.72. The van der Waals surface area contributed by atoms with Crippen molar-refractivity contribution in [3.8, 4) is 0 Å². The Morgan fingerprint density at radius 2 is 1.26 bits per heavy atom. The average Bonchev–Trinajstić information content (AvgIpc) is 3.12. The summed E-state index contributed by atoms with van der Waals surface area (Å²) in [5, 5.41) is 0. The van der Waals surface area contributed by atoms with Gasteiger partial charge in [0.25, 0.3) is 0 Å². The van der Waals surface area contributed by atoms with E-state index in [1.54, 1.807) is 25.7 Å². The fourth-order valence-electron chi connectivity index (χ4n) is 5.80. The van der Waals surface area contributed by atoms with E-state index in [0.717, 1.165) is 11.3 Å². The normalized spacial score (nSPS) is 25.7. The Kier molecular flexibility index (Phi) is 7.08. The molecule has 0 unspecified atom stereocenters. The van der Waals surface area contributed by atoms with Crippen molar-refractivity contribution in [2.45, 2.75) is 118 Å². The third-order valence-corrected chi connectivity index (χ3v) is 62.4. The van der Waals surface area contributed by atoms with Gasteiger partial charge in [-0.2, -0.15) is 0 Å². The van der Waals surface area contributed by atoms with Crippen molar-refractivity contribution in [2.24, 2.45) is 0 Å². The van der Waals surface area contributed by atoms with Crippen LogP contribution in [0.2, 0.25) is 36.2 Å². The first kappa shape index (κ1) is 24.2. The molecule has 4 heteroatoms. The standard InChI is InChI=1S/C14H28PSi.C5H5.4CH3.ClH.Cr/c1-16(2)15(13-9-5-3-6-10-13)14-11-7-4-8-12-14;1-2-4-5-3-1;;;;;;/h13-14H,3-12H2,1-2H3;1-3H,4H2;4*1H3;1H;. The third kappa shape index (κ3) is 4.23. The van der Waals surface area contributed by atoms with Crippen LogP contribution < -0.4 is 0 Å². The van der Waals surface area contributed by atoms with Gasteiger partial charge in [-0.05, 0) is 0 Å². The molecule has 0 aliphatic heterocycles. The molecule has 0 heterocycles. The zero-order valence-electron chi connectivity index (χ0n) is 18.9. The van der Waals surface area contributed by atoms with Crippen molar-refractivity contribution in [1.82, 2.24) is 0 Å². The molecule has 2 saturated carbocycles. The Morgan fingerprint density at radius 3 is 1.63 bits per heavy atom. The first-order chi connectivity index (χ1) is 12.0. The van der Waals surface area contributed by atoms with Crippen molar-refractivity contribution in [3.63, 3.8) is 0 Å². The maximum atomic E-state index is 2.89. The van der Waals surface area contributed by atoms with E-state index < -0.39 is 16.6 Å². The van der Waals surface area contributed by atoms with Crippen LogP contribution in [0.1, 0.15) is 70.6 Å². The van der Waals surface area contributed by atoms with Crippen LogP contribution in [0, 0.1) is 0 Å². The van der Waals surface area contributed by atoms with Gasteiger partial charge in [0.15, 0.2) is 0 Å². The van der Waals surface area contributed by atoms with Crippen LogP contribution in [0.15, 0.2) is 22.7 Å². The van der Waals surface area contributed by atoms with Gasteiger partial charge in [0, 0.05) is 0 Å². The van der Waals surface area contributed by atoms with Gasteiger partial charge < -0.3 is 0 Å². The van der Waals surface area contributed by atoms with Crippen molar-refractivity contribution >= 4 is 26.2 Å². The van der Waals surface area contributed by atoms with Gasteiger partial charge in [-0.3, -0.25) is 0 Å². The number of hydrogen-bond donors (Lipinski definition) is 0. The first-order valence-corrected chi connectivity index (χ1v) is 24.0. The van der Waals surface area contributed by atoms with Crippen molar-refractivity contribution < 1.29 is 10.3 Å². The van der Waals surface area contributed by atoms with Crippen LogP contribution >= 0.6 is 19.9 Å². The molecule has 0 aromatic carbocycles. The minimum Gasteiger partial charge on any atom is -0.147 e. The second-order valence-electron chi connectivity index (χ2n) is 11.9. The van der Waals surface area contributed by atoms with Crippen LogP contribution in [-0.2, 0) is 10.3 Å². The quantitative estimate of drug-likeness (QED) is 0.278. The molecule has 3 aliphatic rings. The molecule has 0 atom stereocenters. The summed E-state index contributed by atoms with van der Waals surface area (Å²) in [6.07, 6.45) is 22.5. The Labute approximate surface area is 176 Å². The molecule has 0 aromatic heterocycles. The summed E-state index contributed by atoms with van der Waals surface area (Å²) in [6, 6.07) is 0. The van der Waals surface area contributed by atoms with Gasteiger partial charge in [0.2, 0.25) is 0 Å². The predicted octanol–water partition coefficient (Wildman–Crippen LogP) is 9.52. The minimum absolute atomic E-state index is 0. The van der Waals surface area contributed by atoms with E-state index >= 15 is 0 Å². The molecule has 27 heavy (non-hydrogen) atoms. The summed E-state index contributed by atoms with van der Waals surface area (Å²) in [5.41, 5.74) is 2.21. The molecule has 3 rings (SSSR count). The summed E-state index contributed by atoms with van der Waals surface area (Å²) < 4.78 is 1.88. The summed E-state index contributed by atoms with van der Waals surface area (Å²) in [5.74, 6) is 11.3. The Bertz CT molecular complexity index is 570. The summed E-state index contributed by atoms with van der Waals surface area (Å²) in [6.45, 7) is 5.77. The number of halogens is 1. The van der Waals surface area contributed by atoms with Crippen molar-refractivity contribution in [1.29, 1.82) is 0 Å². The fraction of sp³-hybridized carbons (Fsp3) is 0.826. The van der Waals surface area contributed by atoms with Crippen molar-refractivity contribution in [2.75, 3.05) is 0 Å². The second-order valence-corrected chi connectivity index (χ2v) is 49.7. The van der Waals surface area contributed by atoms with Crippen LogP contribution in [0.5, 0.6) is 0 Å². The zero-order valence-corrected chi connectivity index (χ0v) is 22.9. The number of allylic oxidation sites excluding steroid dienone is 4. The first-order valence-electron chi connectivity index (χ1n) is 11.1. The molecule has 2 fully saturated rings. The molecule has 0 saturated heterocycles. The molecule has 3 aliphatic carbocycles. The maximum Gasteiger partial charge on any atom is -0.147 e. The zero-order chi connectivity index (χ0) is 19.1.